The van der Waals surface area contributed by atoms with E-state index in [2.05, 4.69) is 4.98 Å². The summed E-state index contributed by atoms with van der Waals surface area (Å²) in [6.07, 6.45) is 7.86. The lowest BCUT2D eigenvalue weighted by molar-refractivity contribution is -0.124. The van der Waals surface area contributed by atoms with Crippen LogP contribution in [-0.2, 0) is 11.2 Å². The maximum atomic E-state index is 12.0. The SMILES string of the molecule is Cc1ccc(/C=C/C(=O)N(C)CCc2ccncc2)cc1. The van der Waals surface area contributed by atoms with E-state index in [-0.39, 0.29) is 5.91 Å². The normalized spacial score (nSPS) is 10.8. The molecule has 1 amide bonds. The number of carbonyl (C=O) groups excluding carboxylic acids is 1. The highest BCUT2D eigenvalue weighted by Gasteiger charge is 2.04. The first-order valence-electron chi connectivity index (χ1n) is 7.04. The fourth-order valence-corrected chi connectivity index (χ4v) is 1.93. The average Bonchev–Trinajstić information content (AvgIpc) is 2.52. The van der Waals surface area contributed by atoms with Gasteiger partial charge in [0.05, 0.1) is 0 Å². The highest BCUT2D eigenvalue weighted by Crippen LogP contribution is 2.06. The number of nitrogens with zero attached hydrogens (tertiary/aromatic N) is 2. The molecule has 1 heterocycles. The summed E-state index contributed by atoms with van der Waals surface area (Å²) >= 11 is 0. The predicted octanol–water partition coefficient (Wildman–Crippen LogP) is 3.10. The molecule has 3 nitrogen and oxygen atoms in total. The second kappa shape index (κ2) is 7.39. The van der Waals surface area contributed by atoms with Crippen LogP contribution in [-0.4, -0.2) is 29.4 Å². The van der Waals surface area contributed by atoms with Crippen molar-refractivity contribution in [1.82, 2.24) is 9.88 Å². The molecule has 108 valence electrons. The molecule has 1 aromatic carbocycles. The Hall–Kier alpha value is -2.42. The molecule has 0 fully saturated rings. The van der Waals surface area contributed by atoms with Gasteiger partial charge >= 0.3 is 0 Å². The van der Waals surface area contributed by atoms with E-state index in [1.165, 1.54) is 11.1 Å². The van der Waals surface area contributed by atoms with E-state index in [9.17, 15) is 4.79 Å². The largest absolute Gasteiger partial charge is 0.342 e. The minimum Gasteiger partial charge on any atom is -0.342 e. The van der Waals surface area contributed by atoms with Crippen molar-refractivity contribution in [2.75, 3.05) is 13.6 Å². The molecule has 2 aromatic rings. The van der Waals surface area contributed by atoms with E-state index in [0.29, 0.717) is 6.54 Å². The summed E-state index contributed by atoms with van der Waals surface area (Å²) in [5.41, 5.74) is 3.44. The van der Waals surface area contributed by atoms with Crippen LogP contribution in [0.1, 0.15) is 16.7 Å². The quantitative estimate of drug-likeness (QED) is 0.788. The summed E-state index contributed by atoms with van der Waals surface area (Å²) in [5, 5.41) is 0. The summed E-state index contributed by atoms with van der Waals surface area (Å²) in [7, 11) is 1.82. The van der Waals surface area contributed by atoms with Gasteiger partial charge in [0.2, 0.25) is 5.91 Å². The highest BCUT2D eigenvalue weighted by atomic mass is 16.2. The number of aromatic nitrogens is 1. The molecule has 0 N–H and O–H groups in total. The first kappa shape index (κ1) is 15.0. The zero-order valence-electron chi connectivity index (χ0n) is 12.5. The number of hydrogen-bond acceptors (Lipinski definition) is 2. The Balaban J connectivity index is 1.86. The van der Waals surface area contributed by atoms with Gasteiger partial charge in [0.1, 0.15) is 0 Å². The summed E-state index contributed by atoms with van der Waals surface area (Å²) in [6.45, 7) is 2.74. The molecule has 0 aliphatic carbocycles. The molecule has 3 heteroatoms. The smallest absolute Gasteiger partial charge is 0.246 e. The van der Waals surface area contributed by atoms with Crippen LogP contribution in [0.4, 0.5) is 0 Å². The number of pyridine rings is 1. The highest BCUT2D eigenvalue weighted by molar-refractivity contribution is 5.91. The molecule has 1 aromatic heterocycles. The number of rotatable bonds is 5. The van der Waals surface area contributed by atoms with Crippen molar-refractivity contribution in [2.45, 2.75) is 13.3 Å². The van der Waals surface area contributed by atoms with Crippen LogP contribution < -0.4 is 0 Å². The minimum atomic E-state index is 0.0182. The molecule has 2 rings (SSSR count). The minimum absolute atomic E-state index is 0.0182. The second-order valence-corrected chi connectivity index (χ2v) is 5.11. The lowest BCUT2D eigenvalue weighted by atomic mass is 10.1. The van der Waals surface area contributed by atoms with Crippen molar-refractivity contribution in [2.24, 2.45) is 0 Å². The molecule has 0 saturated heterocycles. The standard InChI is InChI=1S/C18H20N2O/c1-15-3-5-16(6-4-15)7-8-18(21)20(2)14-11-17-9-12-19-13-10-17/h3-10,12-13H,11,14H2,1-2H3/b8-7+. The fraction of sp³-hybridized carbons (Fsp3) is 0.222. The molecule has 0 saturated carbocycles. The van der Waals surface area contributed by atoms with E-state index in [4.69, 9.17) is 0 Å². The van der Waals surface area contributed by atoms with Gasteiger partial charge in [-0.15, -0.1) is 0 Å². The number of aryl methyl sites for hydroxylation is 1. The van der Waals surface area contributed by atoms with Crippen molar-refractivity contribution in [3.63, 3.8) is 0 Å². The van der Waals surface area contributed by atoms with E-state index in [1.807, 2.05) is 56.4 Å². The Bertz CT molecular complexity index is 603. The van der Waals surface area contributed by atoms with Crippen molar-refractivity contribution in [3.05, 3.63) is 71.6 Å². The third-order valence-electron chi connectivity index (χ3n) is 3.36. The summed E-state index contributed by atoms with van der Waals surface area (Å²) in [5.74, 6) is 0.0182. The molecule has 0 aliphatic heterocycles. The van der Waals surface area contributed by atoms with Gasteiger partial charge in [-0.3, -0.25) is 9.78 Å². The van der Waals surface area contributed by atoms with Gasteiger partial charge in [0, 0.05) is 32.1 Å². The lowest BCUT2D eigenvalue weighted by Gasteiger charge is -2.14. The topological polar surface area (TPSA) is 33.2 Å². The third kappa shape index (κ3) is 4.88. The number of carbonyl (C=O) groups is 1. The maximum Gasteiger partial charge on any atom is 0.246 e. The zero-order valence-corrected chi connectivity index (χ0v) is 12.5. The molecule has 0 radical (unpaired) electrons. The Labute approximate surface area is 125 Å². The number of likely N-dealkylation sites (N-methyl/N-ethyl adjacent to an activating group) is 1. The van der Waals surface area contributed by atoms with Crippen LogP contribution in [0.3, 0.4) is 0 Å². The monoisotopic (exact) mass is 280 g/mol. The van der Waals surface area contributed by atoms with Crippen LogP contribution in [0.5, 0.6) is 0 Å². The maximum absolute atomic E-state index is 12.0. The van der Waals surface area contributed by atoms with Crippen molar-refractivity contribution in [1.29, 1.82) is 0 Å². The van der Waals surface area contributed by atoms with Crippen LogP contribution in [0.25, 0.3) is 6.08 Å². The van der Waals surface area contributed by atoms with E-state index in [0.717, 1.165) is 12.0 Å². The molecule has 0 unspecified atom stereocenters. The van der Waals surface area contributed by atoms with Crippen molar-refractivity contribution in [3.8, 4) is 0 Å². The van der Waals surface area contributed by atoms with E-state index >= 15 is 0 Å². The molecular weight excluding hydrogens is 260 g/mol. The van der Waals surface area contributed by atoms with Crippen LogP contribution in [0.15, 0.2) is 54.9 Å². The van der Waals surface area contributed by atoms with Crippen LogP contribution in [0.2, 0.25) is 0 Å². The Morgan fingerprint density at radius 3 is 2.48 bits per heavy atom. The molecule has 0 aliphatic rings. The van der Waals surface area contributed by atoms with Gasteiger partial charge in [-0.2, -0.15) is 0 Å². The molecular formula is C18H20N2O. The Morgan fingerprint density at radius 2 is 1.81 bits per heavy atom. The number of amides is 1. The number of hydrogen-bond donors (Lipinski definition) is 0. The fourth-order valence-electron chi connectivity index (χ4n) is 1.93. The average molecular weight is 280 g/mol. The summed E-state index contributed by atoms with van der Waals surface area (Å²) in [6, 6.07) is 12.0. The van der Waals surface area contributed by atoms with Gasteiger partial charge in [0.25, 0.3) is 0 Å². The van der Waals surface area contributed by atoms with Crippen LogP contribution in [0, 0.1) is 6.92 Å². The molecule has 0 atom stereocenters. The van der Waals surface area contributed by atoms with Crippen molar-refractivity contribution >= 4 is 12.0 Å². The zero-order chi connectivity index (χ0) is 15.1. The Kier molecular flexibility index (Phi) is 5.27. The first-order valence-corrected chi connectivity index (χ1v) is 7.04. The second-order valence-electron chi connectivity index (χ2n) is 5.11. The van der Waals surface area contributed by atoms with E-state index in [1.54, 1.807) is 23.4 Å². The summed E-state index contributed by atoms with van der Waals surface area (Å²) in [4.78, 5) is 17.7. The van der Waals surface area contributed by atoms with Gasteiger partial charge in [0.15, 0.2) is 0 Å². The van der Waals surface area contributed by atoms with E-state index < -0.39 is 0 Å². The van der Waals surface area contributed by atoms with Gasteiger partial charge in [-0.05, 0) is 42.7 Å². The number of benzene rings is 1. The molecule has 21 heavy (non-hydrogen) atoms. The van der Waals surface area contributed by atoms with Crippen molar-refractivity contribution < 1.29 is 4.79 Å². The Morgan fingerprint density at radius 1 is 1.14 bits per heavy atom. The third-order valence-corrected chi connectivity index (χ3v) is 3.36. The first-order chi connectivity index (χ1) is 10.1. The summed E-state index contributed by atoms with van der Waals surface area (Å²) < 4.78 is 0. The van der Waals surface area contributed by atoms with Gasteiger partial charge in [-0.1, -0.05) is 29.8 Å². The lowest BCUT2D eigenvalue weighted by Crippen LogP contribution is -2.27. The van der Waals surface area contributed by atoms with Gasteiger partial charge < -0.3 is 4.90 Å². The van der Waals surface area contributed by atoms with Crippen LogP contribution >= 0.6 is 0 Å². The predicted molar refractivity (Wildman–Crippen MR) is 85.8 cm³/mol. The molecule has 0 bridgehead atoms. The molecule has 0 spiro atoms. The van der Waals surface area contributed by atoms with Gasteiger partial charge in [-0.25, -0.2) is 0 Å².